The van der Waals surface area contributed by atoms with Crippen LogP contribution in [0.5, 0.6) is 0 Å². The summed E-state index contributed by atoms with van der Waals surface area (Å²) in [6, 6.07) is 15.3. The van der Waals surface area contributed by atoms with Crippen molar-refractivity contribution >= 4 is 23.3 Å². The molecule has 0 saturated heterocycles. The van der Waals surface area contributed by atoms with E-state index in [2.05, 4.69) is 12.1 Å². The van der Waals surface area contributed by atoms with Gasteiger partial charge >= 0.3 is 0 Å². The van der Waals surface area contributed by atoms with Crippen LogP contribution in [0, 0.1) is 5.92 Å². The minimum absolute atomic E-state index is 0.00379. The predicted octanol–water partition coefficient (Wildman–Crippen LogP) is 3.40. The normalized spacial score (nSPS) is 21.1. The number of hydrogen-bond acceptors (Lipinski definition) is 3. The van der Waals surface area contributed by atoms with Gasteiger partial charge < -0.3 is 0 Å². The van der Waals surface area contributed by atoms with Gasteiger partial charge in [0.1, 0.15) is 0 Å². The lowest BCUT2D eigenvalue weighted by Gasteiger charge is -2.13. The Morgan fingerprint density at radius 2 is 1.45 bits per heavy atom. The van der Waals surface area contributed by atoms with Gasteiger partial charge in [0.05, 0.1) is 5.92 Å². The van der Waals surface area contributed by atoms with E-state index < -0.39 is 5.92 Å². The number of hydrogen-bond donors (Lipinski definition) is 0. The van der Waals surface area contributed by atoms with E-state index >= 15 is 0 Å². The second kappa shape index (κ2) is 4.32. The highest BCUT2D eigenvalue weighted by molar-refractivity contribution is 8.00. The zero-order valence-corrected chi connectivity index (χ0v) is 11.5. The SMILES string of the molecule is O=C1c2ccccc2C(=O)C1C1Cc2ccccc2S1. The van der Waals surface area contributed by atoms with Crippen LogP contribution >= 0.6 is 11.8 Å². The third-order valence-corrected chi connectivity index (χ3v) is 5.46. The Bertz CT molecular complexity index is 675. The molecular formula is C17H12O2S. The van der Waals surface area contributed by atoms with E-state index in [-0.39, 0.29) is 16.8 Å². The van der Waals surface area contributed by atoms with E-state index in [0.717, 1.165) is 6.42 Å². The first-order valence-electron chi connectivity index (χ1n) is 6.68. The lowest BCUT2D eigenvalue weighted by molar-refractivity contribution is 0.0837. The van der Waals surface area contributed by atoms with Crippen LogP contribution in [0.15, 0.2) is 53.4 Å². The van der Waals surface area contributed by atoms with Gasteiger partial charge in [0, 0.05) is 21.3 Å². The van der Waals surface area contributed by atoms with Gasteiger partial charge in [-0.15, -0.1) is 11.8 Å². The molecule has 0 amide bonds. The van der Waals surface area contributed by atoms with E-state index in [4.69, 9.17) is 0 Å². The maximum atomic E-state index is 12.5. The van der Waals surface area contributed by atoms with Crippen LogP contribution in [0.3, 0.4) is 0 Å². The number of fused-ring (bicyclic) bond motifs is 2. The van der Waals surface area contributed by atoms with Crippen molar-refractivity contribution in [2.75, 3.05) is 0 Å². The molecule has 1 atom stereocenters. The van der Waals surface area contributed by atoms with E-state index in [1.165, 1.54) is 10.5 Å². The molecule has 1 unspecified atom stereocenters. The van der Waals surface area contributed by atoms with Crippen LogP contribution in [-0.2, 0) is 6.42 Å². The van der Waals surface area contributed by atoms with Gasteiger partial charge in [-0.05, 0) is 18.1 Å². The van der Waals surface area contributed by atoms with Gasteiger partial charge in [-0.2, -0.15) is 0 Å². The van der Waals surface area contributed by atoms with Gasteiger partial charge in [0.15, 0.2) is 11.6 Å². The molecule has 2 nitrogen and oxygen atoms in total. The third-order valence-electron chi connectivity index (χ3n) is 4.07. The van der Waals surface area contributed by atoms with Crippen LogP contribution in [0.1, 0.15) is 26.3 Å². The molecule has 0 bridgehead atoms. The van der Waals surface area contributed by atoms with E-state index in [1.54, 1.807) is 23.9 Å². The number of ketones is 2. The van der Waals surface area contributed by atoms with Crippen molar-refractivity contribution in [1.82, 2.24) is 0 Å². The highest BCUT2D eigenvalue weighted by atomic mass is 32.2. The summed E-state index contributed by atoms with van der Waals surface area (Å²) < 4.78 is 0. The lowest BCUT2D eigenvalue weighted by atomic mass is 9.95. The number of rotatable bonds is 1. The molecule has 1 aliphatic heterocycles. The number of benzene rings is 2. The predicted molar refractivity (Wildman–Crippen MR) is 78.4 cm³/mol. The van der Waals surface area contributed by atoms with Crippen molar-refractivity contribution in [3.05, 3.63) is 65.2 Å². The van der Waals surface area contributed by atoms with Gasteiger partial charge in [0.2, 0.25) is 0 Å². The molecule has 98 valence electrons. The van der Waals surface area contributed by atoms with Crippen LogP contribution < -0.4 is 0 Å². The first-order valence-corrected chi connectivity index (χ1v) is 7.55. The standard InChI is InChI=1S/C17H12O2S/c18-16-11-6-2-3-7-12(11)17(19)15(16)14-9-10-5-1-4-8-13(10)20-14/h1-8,14-15H,9H2. The van der Waals surface area contributed by atoms with Crippen molar-refractivity contribution in [2.24, 2.45) is 5.92 Å². The van der Waals surface area contributed by atoms with Crippen LogP contribution in [-0.4, -0.2) is 16.8 Å². The molecule has 0 radical (unpaired) electrons. The first-order chi connectivity index (χ1) is 9.75. The quantitative estimate of drug-likeness (QED) is 0.751. The molecule has 20 heavy (non-hydrogen) atoms. The number of Topliss-reactive ketones (excluding diaryl/α,β-unsaturated/α-hetero) is 2. The molecule has 3 heteroatoms. The van der Waals surface area contributed by atoms with Crippen molar-refractivity contribution < 1.29 is 9.59 Å². The molecule has 2 aromatic rings. The highest BCUT2D eigenvalue weighted by Crippen LogP contribution is 2.44. The number of carbonyl (C=O) groups is 2. The maximum absolute atomic E-state index is 12.5. The summed E-state index contributed by atoms with van der Waals surface area (Å²) >= 11 is 1.67. The molecule has 1 heterocycles. The minimum atomic E-state index is -0.509. The summed E-state index contributed by atoms with van der Waals surface area (Å²) in [6.45, 7) is 0. The Morgan fingerprint density at radius 3 is 2.10 bits per heavy atom. The Morgan fingerprint density at radius 1 is 0.850 bits per heavy atom. The molecule has 0 saturated carbocycles. The zero-order chi connectivity index (χ0) is 13.7. The van der Waals surface area contributed by atoms with Crippen molar-refractivity contribution in [2.45, 2.75) is 16.6 Å². The fourth-order valence-electron chi connectivity index (χ4n) is 3.10. The molecule has 0 N–H and O–H groups in total. The largest absolute Gasteiger partial charge is 0.293 e. The molecule has 4 rings (SSSR count). The van der Waals surface area contributed by atoms with Gasteiger partial charge in [-0.1, -0.05) is 42.5 Å². The summed E-state index contributed by atoms with van der Waals surface area (Å²) in [4.78, 5) is 26.2. The molecule has 1 aliphatic carbocycles. The monoisotopic (exact) mass is 280 g/mol. The van der Waals surface area contributed by atoms with Gasteiger partial charge in [-0.25, -0.2) is 0 Å². The molecule has 0 fully saturated rings. The Kier molecular flexibility index (Phi) is 2.57. The number of thioether (sulfide) groups is 1. The average molecular weight is 280 g/mol. The third kappa shape index (κ3) is 1.59. The van der Waals surface area contributed by atoms with Crippen molar-refractivity contribution in [1.29, 1.82) is 0 Å². The number of carbonyl (C=O) groups excluding carboxylic acids is 2. The average Bonchev–Trinajstić information content (AvgIpc) is 3.00. The Balaban J connectivity index is 1.70. The van der Waals surface area contributed by atoms with E-state index in [0.29, 0.717) is 11.1 Å². The molecule has 0 aromatic heterocycles. The summed E-state index contributed by atoms with van der Waals surface area (Å²) in [5.41, 5.74) is 2.44. The topological polar surface area (TPSA) is 34.1 Å². The summed E-state index contributed by atoms with van der Waals surface area (Å²) in [5, 5.41) is 0.0415. The van der Waals surface area contributed by atoms with Crippen LogP contribution in [0.25, 0.3) is 0 Å². The molecule has 2 aliphatic rings. The van der Waals surface area contributed by atoms with Crippen molar-refractivity contribution in [3.8, 4) is 0 Å². The Labute approximate surface area is 121 Å². The van der Waals surface area contributed by atoms with E-state index in [1.807, 2.05) is 24.3 Å². The molecule has 2 aromatic carbocycles. The van der Waals surface area contributed by atoms with Crippen LogP contribution in [0.2, 0.25) is 0 Å². The van der Waals surface area contributed by atoms with Gasteiger partial charge in [-0.3, -0.25) is 9.59 Å². The molecule has 0 spiro atoms. The second-order valence-corrected chi connectivity index (χ2v) is 6.50. The van der Waals surface area contributed by atoms with Crippen LogP contribution in [0.4, 0.5) is 0 Å². The first kappa shape index (κ1) is 11.9. The lowest BCUT2D eigenvalue weighted by Crippen LogP contribution is -2.27. The highest BCUT2D eigenvalue weighted by Gasteiger charge is 2.45. The summed E-state index contributed by atoms with van der Waals surface area (Å²) in [6.07, 6.45) is 0.803. The van der Waals surface area contributed by atoms with E-state index in [9.17, 15) is 9.59 Å². The van der Waals surface area contributed by atoms with Crippen molar-refractivity contribution in [3.63, 3.8) is 0 Å². The summed E-state index contributed by atoms with van der Waals surface area (Å²) in [5.74, 6) is -0.517. The minimum Gasteiger partial charge on any atom is -0.293 e. The van der Waals surface area contributed by atoms with Gasteiger partial charge in [0.25, 0.3) is 0 Å². The summed E-state index contributed by atoms with van der Waals surface area (Å²) in [7, 11) is 0. The maximum Gasteiger partial charge on any atom is 0.175 e. The Hall–Kier alpha value is -1.87. The smallest absolute Gasteiger partial charge is 0.175 e. The second-order valence-electron chi connectivity index (χ2n) is 5.22. The fraction of sp³-hybridized carbons (Fsp3) is 0.176. The fourth-order valence-corrected chi connectivity index (χ4v) is 4.53. The molecular weight excluding hydrogens is 268 g/mol. The zero-order valence-electron chi connectivity index (χ0n) is 10.7.